The van der Waals surface area contributed by atoms with Gasteiger partial charge in [0.05, 0.1) is 42.8 Å². The van der Waals surface area contributed by atoms with Crippen LogP contribution >= 0.6 is 0 Å². The second kappa shape index (κ2) is 7.54. The number of carboxylic acid groups (broad SMARTS) is 1. The molecule has 2 aromatic rings. The zero-order chi connectivity index (χ0) is 20.5. The first-order valence-electron chi connectivity index (χ1n) is 9.77. The zero-order valence-electron chi connectivity index (χ0n) is 17.5. The van der Waals surface area contributed by atoms with Crippen LogP contribution in [-0.4, -0.2) is 75.9 Å². The summed E-state index contributed by atoms with van der Waals surface area (Å²) in [6.07, 6.45) is 2.73. The molecule has 7 heteroatoms. The van der Waals surface area contributed by atoms with Gasteiger partial charge in [-0.1, -0.05) is 0 Å². The smallest absolute Gasteiger partial charge is 0.407 e. The van der Waals surface area contributed by atoms with Gasteiger partial charge in [-0.2, -0.15) is 0 Å². The maximum absolute atomic E-state index is 11.4. The standard InChI is InChI=1S/C21H30N4O3/c1-21(2,3)25(13-10-16(14-25)24(4)20(26)27)12-9-15-8-11-22-17-6-7-18(28-5)23-19(15)17/h6-8,11,16H,9-10,12-14H2,1-5H3/p+1. The number of likely N-dealkylation sites (N-methyl/N-ethyl adjacent to an activating group) is 1. The summed E-state index contributed by atoms with van der Waals surface area (Å²) in [7, 11) is 3.30. The number of ether oxygens (including phenoxy) is 1. The van der Waals surface area contributed by atoms with Crippen molar-refractivity contribution in [2.24, 2.45) is 0 Å². The number of likely N-dealkylation sites (tertiary alicyclic amines) is 1. The molecule has 2 atom stereocenters. The van der Waals surface area contributed by atoms with Crippen molar-refractivity contribution in [3.8, 4) is 5.88 Å². The van der Waals surface area contributed by atoms with Crippen molar-refractivity contribution >= 4 is 17.1 Å². The molecular weight excluding hydrogens is 356 g/mol. The monoisotopic (exact) mass is 387 g/mol. The lowest BCUT2D eigenvalue weighted by Gasteiger charge is -2.46. The molecular formula is C21H31N4O3+. The first kappa shape index (κ1) is 20.3. The molecule has 152 valence electrons. The summed E-state index contributed by atoms with van der Waals surface area (Å²) in [6.45, 7) is 9.51. The molecule has 0 bridgehead atoms. The Kier molecular flexibility index (Phi) is 5.48. The zero-order valence-corrected chi connectivity index (χ0v) is 17.5. The first-order chi connectivity index (χ1) is 13.2. The Morgan fingerprint density at radius 2 is 2.11 bits per heavy atom. The molecule has 7 nitrogen and oxygen atoms in total. The molecule has 3 rings (SSSR count). The van der Waals surface area contributed by atoms with Crippen LogP contribution in [0.15, 0.2) is 24.4 Å². The van der Waals surface area contributed by atoms with Crippen LogP contribution in [0, 0.1) is 0 Å². The number of pyridine rings is 2. The Hall–Kier alpha value is -2.41. The minimum Gasteiger partial charge on any atom is -0.481 e. The minimum atomic E-state index is -0.852. The van der Waals surface area contributed by atoms with Gasteiger partial charge in [0.2, 0.25) is 5.88 Å². The summed E-state index contributed by atoms with van der Waals surface area (Å²) in [5.41, 5.74) is 2.93. The van der Waals surface area contributed by atoms with Gasteiger partial charge < -0.3 is 19.2 Å². The van der Waals surface area contributed by atoms with E-state index in [2.05, 4.69) is 30.7 Å². The van der Waals surface area contributed by atoms with Crippen LogP contribution in [0.4, 0.5) is 4.79 Å². The first-order valence-corrected chi connectivity index (χ1v) is 9.77. The van der Waals surface area contributed by atoms with E-state index in [1.807, 2.05) is 24.4 Å². The SMILES string of the molecule is COc1ccc2nccc(CC[N+]3(C(C)(C)C)CCC(N(C)C(=O)O)C3)c2n1. The summed E-state index contributed by atoms with van der Waals surface area (Å²) in [6, 6.07) is 5.86. The van der Waals surface area contributed by atoms with Gasteiger partial charge >= 0.3 is 6.09 Å². The fourth-order valence-electron chi connectivity index (χ4n) is 4.31. The van der Waals surface area contributed by atoms with E-state index in [4.69, 9.17) is 4.74 Å². The van der Waals surface area contributed by atoms with E-state index in [9.17, 15) is 9.90 Å². The van der Waals surface area contributed by atoms with E-state index in [0.717, 1.165) is 53.6 Å². The highest BCUT2D eigenvalue weighted by molar-refractivity contribution is 5.78. The van der Waals surface area contributed by atoms with E-state index in [-0.39, 0.29) is 11.6 Å². The Balaban J connectivity index is 1.86. The second-order valence-electron chi connectivity index (χ2n) is 8.72. The van der Waals surface area contributed by atoms with Gasteiger partial charge in [0.25, 0.3) is 0 Å². The normalized spacial score (nSPS) is 22.4. The number of rotatable bonds is 5. The number of fused-ring (bicyclic) bond motifs is 1. The van der Waals surface area contributed by atoms with Crippen LogP contribution in [0.5, 0.6) is 5.88 Å². The van der Waals surface area contributed by atoms with Crippen molar-refractivity contribution in [3.63, 3.8) is 0 Å². The number of quaternary nitrogens is 1. The predicted octanol–water partition coefficient (Wildman–Crippen LogP) is 3.18. The van der Waals surface area contributed by atoms with Crippen molar-refractivity contribution in [3.05, 3.63) is 30.0 Å². The summed E-state index contributed by atoms with van der Waals surface area (Å²) in [4.78, 5) is 21.9. The molecule has 0 aliphatic carbocycles. The molecule has 3 heterocycles. The average molecular weight is 388 g/mol. The highest BCUT2D eigenvalue weighted by Crippen LogP contribution is 2.34. The highest BCUT2D eigenvalue weighted by atomic mass is 16.5. The lowest BCUT2D eigenvalue weighted by molar-refractivity contribution is -0.960. The van der Waals surface area contributed by atoms with Gasteiger partial charge in [-0.25, -0.2) is 9.78 Å². The lowest BCUT2D eigenvalue weighted by Crippen LogP contribution is -2.60. The Labute approximate surface area is 166 Å². The molecule has 1 fully saturated rings. The molecule has 0 saturated carbocycles. The van der Waals surface area contributed by atoms with Crippen LogP contribution in [0.25, 0.3) is 11.0 Å². The quantitative estimate of drug-likeness (QED) is 0.798. The van der Waals surface area contributed by atoms with Crippen molar-refractivity contribution < 1.29 is 19.1 Å². The topological polar surface area (TPSA) is 75.5 Å². The third-order valence-corrected chi connectivity index (χ3v) is 6.38. The van der Waals surface area contributed by atoms with Gasteiger partial charge in [-0.05, 0) is 38.5 Å². The summed E-state index contributed by atoms with van der Waals surface area (Å²) in [5.74, 6) is 0.589. The van der Waals surface area contributed by atoms with Gasteiger partial charge in [-0.3, -0.25) is 4.98 Å². The molecule has 1 amide bonds. The molecule has 1 aliphatic rings. The number of hydrogen-bond donors (Lipinski definition) is 1. The van der Waals surface area contributed by atoms with Crippen molar-refractivity contribution in [2.45, 2.75) is 45.2 Å². The second-order valence-corrected chi connectivity index (χ2v) is 8.72. The van der Waals surface area contributed by atoms with Gasteiger partial charge in [0.15, 0.2) is 0 Å². The molecule has 0 aromatic carbocycles. The largest absolute Gasteiger partial charge is 0.481 e. The Morgan fingerprint density at radius 1 is 1.36 bits per heavy atom. The fraction of sp³-hybridized carbons (Fsp3) is 0.571. The molecule has 1 saturated heterocycles. The molecule has 1 N–H and O–H groups in total. The maximum atomic E-state index is 11.4. The van der Waals surface area contributed by atoms with Crippen LogP contribution < -0.4 is 4.74 Å². The average Bonchev–Trinajstić information content (AvgIpc) is 3.11. The van der Waals surface area contributed by atoms with E-state index in [1.165, 1.54) is 4.90 Å². The van der Waals surface area contributed by atoms with Crippen molar-refractivity contribution in [2.75, 3.05) is 33.8 Å². The van der Waals surface area contributed by atoms with Crippen LogP contribution in [-0.2, 0) is 6.42 Å². The van der Waals surface area contributed by atoms with Crippen LogP contribution in [0.3, 0.4) is 0 Å². The third kappa shape index (κ3) is 3.76. The van der Waals surface area contributed by atoms with E-state index in [1.54, 1.807) is 14.2 Å². The third-order valence-electron chi connectivity index (χ3n) is 6.38. The Bertz CT molecular complexity index is 864. The number of methoxy groups -OCH3 is 1. The van der Waals surface area contributed by atoms with Gasteiger partial charge in [0, 0.05) is 32.2 Å². The van der Waals surface area contributed by atoms with Crippen molar-refractivity contribution in [1.82, 2.24) is 14.9 Å². The lowest BCUT2D eigenvalue weighted by atomic mass is 10.00. The molecule has 2 unspecified atom stereocenters. The number of amides is 1. The van der Waals surface area contributed by atoms with E-state index >= 15 is 0 Å². The maximum Gasteiger partial charge on any atom is 0.407 e. The molecule has 0 radical (unpaired) electrons. The fourth-order valence-corrected chi connectivity index (χ4v) is 4.31. The molecule has 1 aliphatic heterocycles. The van der Waals surface area contributed by atoms with Crippen molar-refractivity contribution in [1.29, 1.82) is 0 Å². The van der Waals surface area contributed by atoms with Gasteiger partial charge in [0.1, 0.15) is 6.54 Å². The molecule has 28 heavy (non-hydrogen) atoms. The van der Waals surface area contributed by atoms with Crippen LogP contribution in [0.1, 0.15) is 32.8 Å². The number of hydrogen-bond acceptors (Lipinski definition) is 4. The molecule has 2 aromatic heterocycles. The Morgan fingerprint density at radius 3 is 2.75 bits per heavy atom. The summed E-state index contributed by atoms with van der Waals surface area (Å²) in [5, 5.41) is 9.38. The predicted molar refractivity (Wildman–Crippen MR) is 109 cm³/mol. The van der Waals surface area contributed by atoms with E-state index in [0.29, 0.717) is 5.88 Å². The number of aromatic nitrogens is 2. The number of carbonyl (C=O) groups is 1. The molecule has 0 spiro atoms. The van der Waals surface area contributed by atoms with Gasteiger partial charge in [-0.15, -0.1) is 0 Å². The number of nitrogens with zero attached hydrogens (tertiary/aromatic N) is 4. The van der Waals surface area contributed by atoms with Crippen LogP contribution in [0.2, 0.25) is 0 Å². The minimum absolute atomic E-state index is 0.0298. The van der Waals surface area contributed by atoms with E-state index < -0.39 is 6.09 Å². The highest BCUT2D eigenvalue weighted by Gasteiger charge is 2.48. The summed E-state index contributed by atoms with van der Waals surface area (Å²) < 4.78 is 6.18. The summed E-state index contributed by atoms with van der Waals surface area (Å²) >= 11 is 0.